The van der Waals surface area contributed by atoms with Gasteiger partial charge in [0.2, 0.25) is 5.91 Å². The van der Waals surface area contributed by atoms with Crippen molar-refractivity contribution in [2.45, 2.75) is 19.4 Å². The van der Waals surface area contributed by atoms with Gasteiger partial charge in [-0.05, 0) is 36.8 Å². The third kappa shape index (κ3) is 4.71. The smallest absolute Gasteiger partial charge is 0.286 e. The minimum atomic E-state index is -0.344. The van der Waals surface area contributed by atoms with Gasteiger partial charge in [-0.2, -0.15) is 5.26 Å². The highest BCUT2D eigenvalue weighted by Gasteiger charge is 2.11. The molecule has 0 aliphatic carbocycles. The number of nitrogens with zero attached hydrogens (tertiary/aromatic N) is 1. The molecule has 2 aromatic rings. The average Bonchev–Trinajstić information content (AvgIpc) is 3.09. The molecule has 2 N–H and O–H groups in total. The number of rotatable bonds is 6. The van der Waals surface area contributed by atoms with E-state index in [9.17, 15) is 9.59 Å². The lowest BCUT2D eigenvalue weighted by atomic mass is 10.1. The second kappa shape index (κ2) is 7.80. The summed E-state index contributed by atoms with van der Waals surface area (Å²) in [6.07, 6.45) is 1.59. The van der Waals surface area contributed by atoms with Crippen LogP contribution in [0.15, 0.2) is 47.1 Å². The summed E-state index contributed by atoms with van der Waals surface area (Å²) in [6.45, 7) is 2.09. The second-order valence-electron chi connectivity index (χ2n) is 5.01. The number of hydrogen-bond donors (Lipinski definition) is 2. The molecule has 0 fully saturated rings. The van der Waals surface area contributed by atoms with Crippen LogP contribution in [0.5, 0.6) is 0 Å². The minimum absolute atomic E-state index is 0.165. The van der Waals surface area contributed by atoms with E-state index < -0.39 is 0 Å². The quantitative estimate of drug-likeness (QED) is 0.854. The van der Waals surface area contributed by atoms with E-state index in [0.29, 0.717) is 5.56 Å². The molecule has 23 heavy (non-hydrogen) atoms. The van der Waals surface area contributed by atoms with Gasteiger partial charge in [-0.25, -0.2) is 0 Å². The van der Waals surface area contributed by atoms with Crippen LogP contribution in [-0.4, -0.2) is 18.4 Å². The third-order valence-corrected chi connectivity index (χ3v) is 3.30. The second-order valence-corrected chi connectivity index (χ2v) is 5.01. The highest BCUT2D eigenvalue weighted by atomic mass is 16.3. The van der Waals surface area contributed by atoms with Gasteiger partial charge in [-0.3, -0.25) is 9.59 Å². The standard InChI is InChI=1S/C17H17N3O3/c1-12(14-6-4-13(11-18)5-7-14)20-16(21)8-9-19-17(22)15-3-2-10-23-15/h2-7,10,12H,8-9H2,1H3,(H,19,22)(H,20,21). The highest BCUT2D eigenvalue weighted by Crippen LogP contribution is 2.13. The Balaban J connectivity index is 1.75. The third-order valence-electron chi connectivity index (χ3n) is 3.30. The summed E-state index contributed by atoms with van der Waals surface area (Å²) < 4.78 is 4.96. The molecular weight excluding hydrogens is 294 g/mol. The molecule has 0 saturated carbocycles. The molecule has 1 heterocycles. The van der Waals surface area contributed by atoms with E-state index in [1.807, 2.05) is 25.1 Å². The first kappa shape index (κ1) is 16.3. The monoisotopic (exact) mass is 311 g/mol. The normalized spacial score (nSPS) is 11.3. The zero-order chi connectivity index (χ0) is 16.7. The predicted molar refractivity (Wildman–Crippen MR) is 83.4 cm³/mol. The van der Waals surface area contributed by atoms with Crippen LogP contribution in [0.2, 0.25) is 0 Å². The summed E-state index contributed by atoms with van der Waals surface area (Å²) in [5.41, 5.74) is 1.49. The van der Waals surface area contributed by atoms with Crippen molar-refractivity contribution in [3.05, 3.63) is 59.5 Å². The number of nitrogens with one attached hydrogen (secondary N) is 2. The molecule has 6 heteroatoms. The van der Waals surface area contributed by atoms with E-state index in [4.69, 9.17) is 9.68 Å². The first-order valence-corrected chi connectivity index (χ1v) is 7.21. The van der Waals surface area contributed by atoms with E-state index in [0.717, 1.165) is 5.56 Å². The highest BCUT2D eigenvalue weighted by molar-refractivity contribution is 5.91. The maximum absolute atomic E-state index is 11.9. The molecule has 118 valence electrons. The van der Waals surface area contributed by atoms with Gasteiger partial charge in [0.05, 0.1) is 23.9 Å². The molecule has 1 unspecified atom stereocenters. The van der Waals surface area contributed by atoms with Crippen molar-refractivity contribution in [1.82, 2.24) is 10.6 Å². The number of furan rings is 1. The number of benzene rings is 1. The van der Waals surface area contributed by atoms with Crippen molar-refractivity contribution in [2.24, 2.45) is 0 Å². The molecule has 2 rings (SSSR count). The van der Waals surface area contributed by atoms with Crippen molar-refractivity contribution in [1.29, 1.82) is 5.26 Å². The van der Waals surface area contributed by atoms with Crippen molar-refractivity contribution in [3.8, 4) is 6.07 Å². The van der Waals surface area contributed by atoms with Crippen LogP contribution in [0, 0.1) is 11.3 Å². The van der Waals surface area contributed by atoms with Crippen LogP contribution in [0.4, 0.5) is 0 Å². The Kier molecular flexibility index (Phi) is 5.53. The van der Waals surface area contributed by atoms with Crippen LogP contribution < -0.4 is 10.6 Å². The Morgan fingerprint density at radius 3 is 2.61 bits per heavy atom. The molecular formula is C17H17N3O3. The maximum Gasteiger partial charge on any atom is 0.286 e. The summed E-state index contributed by atoms with van der Waals surface area (Å²) in [5.74, 6) is -0.291. The van der Waals surface area contributed by atoms with Gasteiger partial charge in [0.1, 0.15) is 0 Å². The number of carbonyl (C=O) groups excluding carboxylic acids is 2. The SMILES string of the molecule is CC(NC(=O)CCNC(=O)c1ccco1)c1ccc(C#N)cc1. The Bertz CT molecular complexity index is 700. The van der Waals surface area contributed by atoms with E-state index in [1.54, 1.807) is 24.3 Å². The van der Waals surface area contributed by atoms with Gasteiger partial charge < -0.3 is 15.1 Å². The molecule has 6 nitrogen and oxygen atoms in total. The Morgan fingerprint density at radius 2 is 2.00 bits per heavy atom. The van der Waals surface area contributed by atoms with Gasteiger partial charge in [0, 0.05) is 13.0 Å². The van der Waals surface area contributed by atoms with E-state index >= 15 is 0 Å². The van der Waals surface area contributed by atoms with Gasteiger partial charge in [0.15, 0.2) is 5.76 Å². The fourth-order valence-corrected chi connectivity index (χ4v) is 2.03. The summed E-state index contributed by atoms with van der Waals surface area (Å²) >= 11 is 0. The maximum atomic E-state index is 11.9. The topological polar surface area (TPSA) is 95.1 Å². The summed E-state index contributed by atoms with van der Waals surface area (Å²) in [4.78, 5) is 23.5. The molecule has 0 bridgehead atoms. The molecule has 0 aliphatic heterocycles. The first-order chi connectivity index (χ1) is 11.1. The lowest BCUT2D eigenvalue weighted by molar-refractivity contribution is -0.121. The van der Waals surface area contributed by atoms with E-state index in [1.165, 1.54) is 6.26 Å². The molecule has 1 aromatic heterocycles. The van der Waals surface area contributed by atoms with Crippen molar-refractivity contribution >= 4 is 11.8 Å². The van der Waals surface area contributed by atoms with Crippen molar-refractivity contribution in [2.75, 3.05) is 6.54 Å². The zero-order valence-corrected chi connectivity index (χ0v) is 12.7. The summed E-state index contributed by atoms with van der Waals surface area (Å²) in [7, 11) is 0. The van der Waals surface area contributed by atoms with Crippen LogP contribution >= 0.6 is 0 Å². The molecule has 0 saturated heterocycles. The Hall–Kier alpha value is -3.07. The Morgan fingerprint density at radius 1 is 1.26 bits per heavy atom. The minimum Gasteiger partial charge on any atom is -0.459 e. The molecule has 1 atom stereocenters. The zero-order valence-electron chi connectivity index (χ0n) is 12.7. The largest absolute Gasteiger partial charge is 0.459 e. The number of amides is 2. The van der Waals surface area contributed by atoms with Gasteiger partial charge in [0.25, 0.3) is 5.91 Å². The molecule has 0 spiro atoms. The van der Waals surface area contributed by atoms with Gasteiger partial charge in [-0.15, -0.1) is 0 Å². The van der Waals surface area contributed by atoms with E-state index in [-0.39, 0.29) is 36.6 Å². The fourth-order valence-electron chi connectivity index (χ4n) is 2.03. The molecule has 1 aromatic carbocycles. The number of nitriles is 1. The average molecular weight is 311 g/mol. The number of carbonyl (C=O) groups is 2. The fraction of sp³-hybridized carbons (Fsp3) is 0.235. The Labute approximate surface area is 134 Å². The van der Waals surface area contributed by atoms with Crippen molar-refractivity contribution < 1.29 is 14.0 Å². The van der Waals surface area contributed by atoms with Crippen LogP contribution in [0.3, 0.4) is 0 Å². The lowest BCUT2D eigenvalue weighted by Gasteiger charge is -2.14. The van der Waals surface area contributed by atoms with Gasteiger partial charge >= 0.3 is 0 Å². The van der Waals surface area contributed by atoms with Crippen LogP contribution in [0.1, 0.15) is 41.1 Å². The van der Waals surface area contributed by atoms with Gasteiger partial charge in [-0.1, -0.05) is 12.1 Å². The summed E-state index contributed by atoms with van der Waals surface area (Å²) in [5, 5.41) is 14.2. The predicted octanol–water partition coefficient (Wildman–Crippen LogP) is 2.15. The molecule has 0 radical (unpaired) electrons. The molecule has 0 aliphatic rings. The lowest BCUT2D eigenvalue weighted by Crippen LogP contribution is -2.31. The van der Waals surface area contributed by atoms with Crippen molar-refractivity contribution in [3.63, 3.8) is 0 Å². The number of hydrogen-bond acceptors (Lipinski definition) is 4. The van der Waals surface area contributed by atoms with Crippen LogP contribution in [0.25, 0.3) is 0 Å². The summed E-state index contributed by atoms with van der Waals surface area (Å²) in [6, 6.07) is 12.1. The van der Waals surface area contributed by atoms with Crippen LogP contribution in [-0.2, 0) is 4.79 Å². The van der Waals surface area contributed by atoms with E-state index in [2.05, 4.69) is 10.6 Å². The molecule has 2 amide bonds. The first-order valence-electron chi connectivity index (χ1n) is 7.21.